The molecule has 0 aliphatic rings. The summed E-state index contributed by atoms with van der Waals surface area (Å²) >= 11 is 11.3. The van der Waals surface area contributed by atoms with Crippen LogP contribution in [0.25, 0.3) is 21.6 Å². The normalized spacial score (nSPS) is 10.9. The highest BCUT2D eigenvalue weighted by Gasteiger charge is 2.14. The Morgan fingerprint density at radius 1 is 1.26 bits per heavy atom. The zero-order valence-corrected chi connectivity index (χ0v) is 13.0. The molecule has 0 aliphatic carbocycles. The minimum absolute atomic E-state index is 0.441. The lowest BCUT2D eigenvalue weighted by atomic mass is 10.2. The molecule has 0 fully saturated rings. The third-order valence-corrected chi connectivity index (χ3v) is 4.50. The van der Waals surface area contributed by atoms with Gasteiger partial charge in [-0.25, -0.2) is 9.97 Å². The van der Waals surface area contributed by atoms with E-state index in [9.17, 15) is 0 Å². The summed E-state index contributed by atoms with van der Waals surface area (Å²) in [6.07, 6.45) is 0. The van der Waals surface area contributed by atoms with Gasteiger partial charge >= 0.3 is 0 Å². The number of aromatic nitrogens is 2. The summed E-state index contributed by atoms with van der Waals surface area (Å²) in [5.41, 5.74) is 0.799. The molecule has 19 heavy (non-hydrogen) atoms. The van der Waals surface area contributed by atoms with E-state index in [1.54, 1.807) is 7.11 Å². The number of fused-ring (bicyclic) bond motifs is 1. The summed E-state index contributed by atoms with van der Waals surface area (Å²) in [6, 6.07) is 7.63. The Morgan fingerprint density at radius 3 is 2.89 bits per heavy atom. The molecule has 0 radical (unpaired) electrons. The summed E-state index contributed by atoms with van der Waals surface area (Å²) in [5, 5.41) is 3.21. The van der Waals surface area contributed by atoms with Crippen LogP contribution in [0.5, 0.6) is 5.75 Å². The van der Waals surface area contributed by atoms with Crippen molar-refractivity contribution in [3.05, 3.63) is 39.3 Å². The van der Waals surface area contributed by atoms with Crippen LogP contribution in [0.2, 0.25) is 5.15 Å². The van der Waals surface area contributed by atoms with Crippen LogP contribution in [0.4, 0.5) is 0 Å². The van der Waals surface area contributed by atoms with E-state index in [-0.39, 0.29) is 0 Å². The summed E-state index contributed by atoms with van der Waals surface area (Å²) in [6.45, 7) is 0. The molecule has 2 aromatic heterocycles. The molecule has 0 atom stereocenters. The van der Waals surface area contributed by atoms with Crippen molar-refractivity contribution in [2.45, 2.75) is 0 Å². The first-order valence-electron chi connectivity index (χ1n) is 5.44. The van der Waals surface area contributed by atoms with Gasteiger partial charge in [-0.15, -0.1) is 11.3 Å². The Bertz CT molecular complexity index is 759. The smallest absolute Gasteiger partial charge is 0.175 e. The number of ether oxygens (including phenoxy) is 1. The van der Waals surface area contributed by atoms with Crippen molar-refractivity contribution in [1.82, 2.24) is 9.97 Å². The van der Waals surface area contributed by atoms with Crippen LogP contribution >= 0.6 is 38.9 Å². The molecule has 3 rings (SSSR count). The molecule has 0 saturated carbocycles. The van der Waals surface area contributed by atoms with Crippen LogP contribution in [0.1, 0.15) is 0 Å². The van der Waals surface area contributed by atoms with Crippen LogP contribution in [0.3, 0.4) is 0 Å². The van der Waals surface area contributed by atoms with Gasteiger partial charge in [-0.3, -0.25) is 0 Å². The molecule has 0 bridgehead atoms. The molecule has 0 aliphatic heterocycles. The Kier molecular flexibility index (Phi) is 3.43. The molecule has 0 unspecified atom stereocenters. The van der Waals surface area contributed by atoms with E-state index in [0.29, 0.717) is 11.0 Å². The molecular weight excluding hydrogens is 348 g/mol. The van der Waals surface area contributed by atoms with Crippen molar-refractivity contribution in [2.75, 3.05) is 7.11 Å². The molecular formula is C13H8BrClN2OS. The lowest BCUT2D eigenvalue weighted by Gasteiger charge is -2.06. The highest BCUT2D eigenvalue weighted by Crippen LogP contribution is 2.36. The number of para-hydroxylation sites is 1. The number of benzene rings is 1. The van der Waals surface area contributed by atoms with E-state index >= 15 is 0 Å². The second kappa shape index (κ2) is 5.07. The van der Waals surface area contributed by atoms with Crippen molar-refractivity contribution in [1.29, 1.82) is 0 Å². The minimum Gasteiger partial charge on any atom is -0.495 e. The van der Waals surface area contributed by atoms with Crippen LogP contribution in [-0.4, -0.2) is 17.1 Å². The predicted octanol–water partition coefficient (Wildman–Crippen LogP) is 4.78. The molecule has 3 nitrogen and oxygen atoms in total. The van der Waals surface area contributed by atoms with Gasteiger partial charge in [0.15, 0.2) is 5.82 Å². The minimum atomic E-state index is 0.441. The van der Waals surface area contributed by atoms with E-state index in [1.807, 2.05) is 29.6 Å². The largest absolute Gasteiger partial charge is 0.495 e. The van der Waals surface area contributed by atoms with Gasteiger partial charge in [0.05, 0.1) is 12.6 Å². The van der Waals surface area contributed by atoms with Crippen LogP contribution in [0, 0.1) is 0 Å². The number of methoxy groups -OCH3 is 1. The summed E-state index contributed by atoms with van der Waals surface area (Å²) in [7, 11) is 1.63. The second-order valence-electron chi connectivity index (χ2n) is 3.79. The monoisotopic (exact) mass is 354 g/mol. The Morgan fingerprint density at radius 2 is 2.11 bits per heavy atom. The number of hydrogen-bond donors (Lipinski definition) is 0. The van der Waals surface area contributed by atoms with Crippen molar-refractivity contribution >= 4 is 49.8 Å². The average molecular weight is 356 g/mol. The standard InChI is InChI=1S/C13H8BrClN2OS/c1-18-9-5-6-19-11(9)13-16-10-7(12(15)17-13)3-2-4-8(10)14/h2-6H,1H3. The van der Waals surface area contributed by atoms with E-state index in [1.165, 1.54) is 11.3 Å². The number of nitrogens with zero attached hydrogens (tertiary/aromatic N) is 2. The van der Waals surface area contributed by atoms with Gasteiger partial charge in [-0.2, -0.15) is 0 Å². The fourth-order valence-electron chi connectivity index (χ4n) is 1.80. The number of halogens is 2. The quantitative estimate of drug-likeness (QED) is 0.620. The second-order valence-corrected chi connectivity index (χ2v) is 5.92. The topological polar surface area (TPSA) is 35.0 Å². The van der Waals surface area contributed by atoms with Gasteiger partial charge in [-0.1, -0.05) is 17.7 Å². The number of rotatable bonds is 2. The highest BCUT2D eigenvalue weighted by molar-refractivity contribution is 9.10. The maximum absolute atomic E-state index is 6.24. The van der Waals surface area contributed by atoms with Gasteiger partial charge < -0.3 is 4.74 Å². The zero-order chi connectivity index (χ0) is 13.4. The molecule has 0 spiro atoms. The lowest BCUT2D eigenvalue weighted by Crippen LogP contribution is -1.92. The molecule has 0 N–H and O–H groups in total. The van der Waals surface area contributed by atoms with E-state index in [2.05, 4.69) is 25.9 Å². The maximum atomic E-state index is 6.24. The molecule has 3 aromatic rings. The highest BCUT2D eigenvalue weighted by atomic mass is 79.9. The van der Waals surface area contributed by atoms with Crippen molar-refractivity contribution in [3.8, 4) is 16.5 Å². The fourth-order valence-corrected chi connectivity index (χ4v) is 3.28. The van der Waals surface area contributed by atoms with Gasteiger partial charge in [0.2, 0.25) is 0 Å². The Labute approximate surface area is 127 Å². The van der Waals surface area contributed by atoms with Crippen LogP contribution in [0.15, 0.2) is 34.1 Å². The van der Waals surface area contributed by atoms with Gasteiger partial charge in [0.25, 0.3) is 0 Å². The predicted molar refractivity (Wildman–Crippen MR) is 82.1 cm³/mol. The van der Waals surface area contributed by atoms with Crippen molar-refractivity contribution in [2.24, 2.45) is 0 Å². The Balaban J connectivity index is 2.29. The lowest BCUT2D eigenvalue weighted by molar-refractivity contribution is 0.418. The third-order valence-electron chi connectivity index (χ3n) is 2.68. The number of thiophene rings is 1. The Hall–Kier alpha value is -1.17. The summed E-state index contributed by atoms with van der Waals surface area (Å²) < 4.78 is 6.19. The van der Waals surface area contributed by atoms with Gasteiger partial charge in [-0.05, 0) is 39.5 Å². The van der Waals surface area contributed by atoms with E-state index in [0.717, 1.165) is 26.0 Å². The SMILES string of the molecule is COc1ccsc1-c1nc(Cl)c2cccc(Br)c2n1. The van der Waals surface area contributed by atoms with Gasteiger partial charge in [0, 0.05) is 9.86 Å². The van der Waals surface area contributed by atoms with Crippen LogP contribution < -0.4 is 4.74 Å². The first-order chi connectivity index (χ1) is 9.20. The zero-order valence-electron chi connectivity index (χ0n) is 9.85. The first-order valence-corrected chi connectivity index (χ1v) is 7.49. The summed E-state index contributed by atoms with van der Waals surface area (Å²) in [5.74, 6) is 1.34. The molecule has 0 amide bonds. The molecule has 0 saturated heterocycles. The molecule has 96 valence electrons. The van der Waals surface area contributed by atoms with E-state index < -0.39 is 0 Å². The van der Waals surface area contributed by atoms with Crippen LogP contribution in [-0.2, 0) is 0 Å². The molecule has 6 heteroatoms. The number of hydrogen-bond acceptors (Lipinski definition) is 4. The van der Waals surface area contributed by atoms with Gasteiger partial charge in [0.1, 0.15) is 15.8 Å². The first kappa shape index (κ1) is 12.8. The average Bonchev–Trinajstić information content (AvgIpc) is 2.88. The van der Waals surface area contributed by atoms with Crippen molar-refractivity contribution in [3.63, 3.8) is 0 Å². The van der Waals surface area contributed by atoms with E-state index in [4.69, 9.17) is 16.3 Å². The summed E-state index contributed by atoms with van der Waals surface area (Å²) in [4.78, 5) is 9.81. The van der Waals surface area contributed by atoms with Crippen molar-refractivity contribution < 1.29 is 4.74 Å². The molecule has 1 aromatic carbocycles. The fraction of sp³-hybridized carbons (Fsp3) is 0.0769. The third kappa shape index (κ3) is 2.22. The molecule has 2 heterocycles. The maximum Gasteiger partial charge on any atom is 0.175 e.